The number of fused-ring (bicyclic) bond motifs is 1. The van der Waals surface area contributed by atoms with Crippen LogP contribution < -0.4 is 9.47 Å². The average Bonchev–Trinajstić information content (AvgIpc) is 3.27. The monoisotopic (exact) mass is 447 g/mol. The molecule has 4 heterocycles. The standard InChI is InChI=1S/C23H25N7O3/c1-31-22-6-5-20-26-27-21(30(20)28-22)14-17-3-2-4-18(13-17)23-24-15-19(16-25-23)33-12-9-29-7-10-32-11-8-29/h2-6,13,15-16H,7-12,14H2,1H3. The van der Waals surface area contributed by atoms with Crippen molar-refractivity contribution in [2.24, 2.45) is 0 Å². The topological polar surface area (TPSA) is 99.8 Å². The van der Waals surface area contributed by atoms with Gasteiger partial charge in [0, 0.05) is 37.7 Å². The van der Waals surface area contributed by atoms with Gasteiger partial charge in [-0.1, -0.05) is 18.2 Å². The molecule has 1 saturated heterocycles. The molecule has 1 aliphatic heterocycles. The minimum atomic E-state index is 0.512. The highest BCUT2D eigenvalue weighted by Crippen LogP contribution is 2.20. The minimum absolute atomic E-state index is 0.512. The molecule has 10 heteroatoms. The van der Waals surface area contributed by atoms with Crippen molar-refractivity contribution < 1.29 is 14.2 Å². The first-order valence-corrected chi connectivity index (χ1v) is 10.9. The second-order valence-electron chi connectivity index (χ2n) is 7.68. The lowest BCUT2D eigenvalue weighted by molar-refractivity contribution is 0.0322. The van der Waals surface area contributed by atoms with Crippen LogP contribution in [-0.4, -0.2) is 81.2 Å². The van der Waals surface area contributed by atoms with E-state index in [1.807, 2.05) is 24.3 Å². The van der Waals surface area contributed by atoms with Crippen LogP contribution in [0.4, 0.5) is 0 Å². The molecule has 0 radical (unpaired) electrons. The maximum atomic E-state index is 5.81. The quantitative estimate of drug-likeness (QED) is 0.401. The number of hydrogen-bond donors (Lipinski definition) is 0. The first-order valence-electron chi connectivity index (χ1n) is 10.9. The first kappa shape index (κ1) is 21.2. The molecule has 3 aromatic heterocycles. The van der Waals surface area contributed by atoms with Gasteiger partial charge in [0.15, 0.2) is 23.0 Å². The molecular weight excluding hydrogens is 422 g/mol. The zero-order valence-electron chi connectivity index (χ0n) is 18.4. The summed E-state index contributed by atoms with van der Waals surface area (Å²) in [5.41, 5.74) is 2.65. The number of morpholine rings is 1. The number of ether oxygens (including phenoxy) is 3. The molecule has 1 aliphatic rings. The van der Waals surface area contributed by atoms with Crippen molar-refractivity contribution in [3.63, 3.8) is 0 Å². The lowest BCUT2D eigenvalue weighted by Gasteiger charge is -2.26. The molecule has 33 heavy (non-hydrogen) atoms. The van der Waals surface area contributed by atoms with Gasteiger partial charge < -0.3 is 14.2 Å². The second-order valence-corrected chi connectivity index (χ2v) is 7.68. The lowest BCUT2D eigenvalue weighted by Crippen LogP contribution is -2.38. The summed E-state index contributed by atoms with van der Waals surface area (Å²) in [5.74, 6) is 2.55. The van der Waals surface area contributed by atoms with Crippen molar-refractivity contribution in [2.75, 3.05) is 46.6 Å². The van der Waals surface area contributed by atoms with E-state index in [-0.39, 0.29) is 0 Å². The van der Waals surface area contributed by atoms with Gasteiger partial charge in [0.25, 0.3) is 0 Å². The third-order valence-corrected chi connectivity index (χ3v) is 5.47. The maximum Gasteiger partial charge on any atom is 0.231 e. The van der Waals surface area contributed by atoms with Crippen LogP contribution in [0.5, 0.6) is 11.6 Å². The van der Waals surface area contributed by atoms with Gasteiger partial charge in [-0.05, 0) is 17.7 Å². The summed E-state index contributed by atoms with van der Waals surface area (Å²) in [7, 11) is 1.59. The van der Waals surface area contributed by atoms with E-state index in [9.17, 15) is 0 Å². The molecule has 0 atom stereocenters. The predicted octanol–water partition coefficient (Wildman–Crippen LogP) is 1.89. The van der Waals surface area contributed by atoms with Gasteiger partial charge >= 0.3 is 0 Å². The normalized spacial score (nSPS) is 14.5. The summed E-state index contributed by atoms with van der Waals surface area (Å²) < 4.78 is 18.1. The molecule has 170 valence electrons. The summed E-state index contributed by atoms with van der Waals surface area (Å²) in [6, 6.07) is 11.7. The average molecular weight is 447 g/mol. The van der Waals surface area contributed by atoms with Crippen LogP contribution in [0.1, 0.15) is 11.4 Å². The molecule has 1 fully saturated rings. The fraction of sp³-hybridized carbons (Fsp3) is 0.348. The van der Waals surface area contributed by atoms with Crippen LogP contribution in [0, 0.1) is 0 Å². The molecule has 5 rings (SSSR count). The maximum absolute atomic E-state index is 5.81. The molecule has 0 saturated carbocycles. The van der Waals surface area contributed by atoms with Crippen molar-refractivity contribution in [1.29, 1.82) is 0 Å². The highest BCUT2D eigenvalue weighted by molar-refractivity contribution is 5.56. The Hall–Kier alpha value is -3.63. The Balaban J connectivity index is 1.24. The molecule has 10 nitrogen and oxygen atoms in total. The minimum Gasteiger partial charge on any atom is -0.489 e. The first-order chi connectivity index (χ1) is 16.3. The largest absolute Gasteiger partial charge is 0.489 e. The highest BCUT2D eigenvalue weighted by Gasteiger charge is 2.12. The Morgan fingerprint density at radius 2 is 1.88 bits per heavy atom. The van der Waals surface area contributed by atoms with Crippen LogP contribution in [0.25, 0.3) is 17.0 Å². The third-order valence-electron chi connectivity index (χ3n) is 5.47. The number of rotatable bonds is 8. The van der Waals surface area contributed by atoms with E-state index in [0.717, 1.165) is 49.8 Å². The van der Waals surface area contributed by atoms with E-state index in [2.05, 4.69) is 36.2 Å². The number of methoxy groups -OCH3 is 1. The van der Waals surface area contributed by atoms with Gasteiger partial charge in [0.1, 0.15) is 6.61 Å². The van der Waals surface area contributed by atoms with Gasteiger partial charge in [-0.25, -0.2) is 9.97 Å². The Morgan fingerprint density at radius 3 is 2.70 bits per heavy atom. The number of hydrogen-bond acceptors (Lipinski definition) is 9. The predicted molar refractivity (Wildman–Crippen MR) is 120 cm³/mol. The molecule has 0 amide bonds. The van der Waals surface area contributed by atoms with Crippen molar-refractivity contribution in [1.82, 2.24) is 34.7 Å². The molecule has 1 aromatic carbocycles. The Morgan fingerprint density at radius 1 is 1.03 bits per heavy atom. The molecular formula is C23H25N7O3. The van der Waals surface area contributed by atoms with Crippen LogP contribution in [0.2, 0.25) is 0 Å². The molecule has 0 N–H and O–H groups in total. The SMILES string of the molecule is COc1ccc2nnc(Cc3cccc(-c4ncc(OCCN5CCOCC5)cn4)c3)n2n1. The lowest BCUT2D eigenvalue weighted by atomic mass is 10.1. The summed E-state index contributed by atoms with van der Waals surface area (Å²) in [6.07, 6.45) is 4.00. The van der Waals surface area contributed by atoms with Gasteiger partial charge in [-0.2, -0.15) is 4.52 Å². The fourth-order valence-corrected chi connectivity index (χ4v) is 3.70. The van der Waals surface area contributed by atoms with E-state index >= 15 is 0 Å². The van der Waals surface area contributed by atoms with Gasteiger partial charge in [0.05, 0.1) is 32.7 Å². The van der Waals surface area contributed by atoms with Crippen LogP contribution in [-0.2, 0) is 11.2 Å². The van der Waals surface area contributed by atoms with E-state index < -0.39 is 0 Å². The van der Waals surface area contributed by atoms with E-state index in [1.165, 1.54) is 0 Å². The fourth-order valence-electron chi connectivity index (χ4n) is 3.70. The van der Waals surface area contributed by atoms with Gasteiger partial charge in [0.2, 0.25) is 5.88 Å². The van der Waals surface area contributed by atoms with E-state index in [4.69, 9.17) is 14.2 Å². The zero-order valence-corrected chi connectivity index (χ0v) is 18.4. The molecule has 4 aromatic rings. The summed E-state index contributed by atoms with van der Waals surface area (Å²) in [6.45, 7) is 4.94. The molecule has 0 unspecified atom stereocenters. The molecule has 0 aliphatic carbocycles. The van der Waals surface area contributed by atoms with Crippen molar-refractivity contribution in [2.45, 2.75) is 6.42 Å². The molecule has 0 bridgehead atoms. The van der Waals surface area contributed by atoms with E-state index in [1.54, 1.807) is 30.1 Å². The van der Waals surface area contributed by atoms with Gasteiger partial charge in [-0.3, -0.25) is 4.90 Å². The smallest absolute Gasteiger partial charge is 0.231 e. The second kappa shape index (κ2) is 9.88. The van der Waals surface area contributed by atoms with Crippen LogP contribution in [0.15, 0.2) is 48.8 Å². The summed E-state index contributed by atoms with van der Waals surface area (Å²) in [5, 5.41) is 12.9. The van der Waals surface area contributed by atoms with Crippen LogP contribution >= 0.6 is 0 Å². The summed E-state index contributed by atoms with van der Waals surface area (Å²) in [4.78, 5) is 11.3. The van der Waals surface area contributed by atoms with Crippen molar-refractivity contribution in [3.8, 4) is 23.0 Å². The third kappa shape index (κ3) is 5.07. The van der Waals surface area contributed by atoms with Crippen molar-refractivity contribution >= 4 is 5.65 Å². The summed E-state index contributed by atoms with van der Waals surface area (Å²) >= 11 is 0. The molecule has 0 spiro atoms. The number of benzene rings is 1. The Bertz CT molecular complexity index is 1210. The van der Waals surface area contributed by atoms with Gasteiger partial charge in [-0.15, -0.1) is 15.3 Å². The highest BCUT2D eigenvalue weighted by atomic mass is 16.5. The number of nitrogens with zero attached hydrogens (tertiary/aromatic N) is 7. The Labute approximate surface area is 191 Å². The zero-order chi connectivity index (χ0) is 22.5. The Kier molecular flexibility index (Phi) is 6.36. The van der Waals surface area contributed by atoms with E-state index in [0.29, 0.717) is 36.1 Å². The van der Waals surface area contributed by atoms with Crippen LogP contribution in [0.3, 0.4) is 0 Å². The number of aromatic nitrogens is 6. The van der Waals surface area contributed by atoms with Crippen molar-refractivity contribution in [3.05, 3.63) is 60.2 Å².